The number of methoxy groups -OCH3 is 1. The molecule has 0 atom stereocenters. The molecule has 2 N–H and O–H groups in total. The minimum Gasteiger partial charge on any atom is -0.382 e. The summed E-state index contributed by atoms with van der Waals surface area (Å²) < 4.78 is 38.3. The van der Waals surface area contributed by atoms with Crippen LogP contribution < -0.4 is 10.8 Å². The van der Waals surface area contributed by atoms with Gasteiger partial charge < -0.3 is 14.8 Å². The number of hydroxylamine groups is 1. The monoisotopic (exact) mass is 526 g/mol. The van der Waals surface area contributed by atoms with Crippen molar-refractivity contribution in [2.75, 3.05) is 38.9 Å². The fraction of sp³-hybridized carbons (Fsp3) is 0.278. The summed E-state index contributed by atoms with van der Waals surface area (Å²) in [5.74, 6) is -3.01. The number of halogens is 4. The van der Waals surface area contributed by atoms with Gasteiger partial charge in [-0.25, -0.2) is 14.3 Å². The molecule has 6 nitrogen and oxygen atoms in total. The molecule has 0 aliphatic carbocycles. The molecule has 152 valence electrons. The van der Waals surface area contributed by atoms with Gasteiger partial charge in [0, 0.05) is 16.7 Å². The summed E-state index contributed by atoms with van der Waals surface area (Å²) in [5.41, 5.74) is 2.51. The van der Waals surface area contributed by atoms with E-state index in [9.17, 15) is 13.6 Å². The molecule has 0 unspecified atom stereocenters. The zero-order valence-corrected chi connectivity index (χ0v) is 17.8. The van der Waals surface area contributed by atoms with E-state index in [1.807, 2.05) is 0 Å². The summed E-state index contributed by atoms with van der Waals surface area (Å²) in [6.07, 6.45) is 0. The van der Waals surface area contributed by atoms with Gasteiger partial charge in [0.25, 0.3) is 5.91 Å². The second kappa shape index (κ2) is 11.5. The SMILES string of the molecule is COCCOCCONC(=O)c1cc(F)c(F)cc1Nc1ccc(I)cc1Cl. The highest BCUT2D eigenvalue weighted by atomic mass is 127. The van der Waals surface area contributed by atoms with Crippen LogP contribution in [0, 0.1) is 15.2 Å². The second-order valence-electron chi connectivity index (χ2n) is 5.45. The van der Waals surface area contributed by atoms with Gasteiger partial charge in [0.15, 0.2) is 11.6 Å². The minimum absolute atomic E-state index is 0.0412. The quantitative estimate of drug-likeness (QED) is 0.275. The van der Waals surface area contributed by atoms with E-state index in [2.05, 4.69) is 33.4 Å². The molecule has 0 aliphatic heterocycles. The Labute approximate surface area is 179 Å². The Morgan fingerprint density at radius 1 is 1.07 bits per heavy atom. The lowest BCUT2D eigenvalue weighted by Gasteiger charge is -2.14. The number of rotatable bonds is 10. The van der Waals surface area contributed by atoms with E-state index in [1.54, 1.807) is 25.3 Å². The van der Waals surface area contributed by atoms with E-state index in [-0.39, 0.29) is 24.5 Å². The molecular weight excluding hydrogens is 509 g/mol. The third-order valence-corrected chi connectivity index (χ3v) is 4.42. The molecule has 0 saturated carbocycles. The number of carbonyl (C=O) groups excluding carboxylic acids is 1. The molecule has 0 fully saturated rings. The molecule has 2 aromatic carbocycles. The van der Waals surface area contributed by atoms with Gasteiger partial charge in [-0.1, -0.05) is 11.6 Å². The molecule has 1 amide bonds. The number of benzene rings is 2. The number of hydrogen-bond donors (Lipinski definition) is 2. The van der Waals surface area contributed by atoms with Crippen LogP contribution in [-0.2, 0) is 14.3 Å². The maximum Gasteiger partial charge on any atom is 0.277 e. The van der Waals surface area contributed by atoms with Crippen molar-refractivity contribution in [3.63, 3.8) is 0 Å². The maximum absolute atomic E-state index is 13.7. The van der Waals surface area contributed by atoms with Gasteiger partial charge in [-0.05, 0) is 46.9 Å². The number of nitrogens with one attached hydrogen (secondary N) is 2. The summed E-state index contributed by atoms with van der Waals surface area (Å²) in [5, 5.41) is 3.21. The van der Waals surface area contributed by atoms with Crippen LogP contribution in [0.2, 0.25) is 5.02 Å². The van der Waals surface area contributed by atoms with Crippen LogP contribution in [0.5, 0.6) is 0 Å². The van der Waals surface area contributed by atoms with E-state index < -0.39 is 17.5 Å². The fourth-order valence-corrected chi connectivity index (χ4v) is 2.99. The number of carbonyl (C=O) groups is 1. The standard InChI is InChI=1S/C18H18ClF2IN2O4/c1-26-4-5-27-6-7-28-24-18(25)12-9-14(20)15(21)10-17(12)23-16-3-2-11(22)8-13(16)19/h2-3,8-10,23H,4-7H2,1H3,(H,24,25). The predicted molar refractivity (Wildman–Crippen MR) is 110 cm³/mol. The molecule has 0 aliphatic rings. The highest BCUT2D eigenvalue weighted by Gasteiger charge is 2.17. The van der Waals surface area contributed by atoms with Crippen LogP contribution in [0.25, 0.3) is 0 Å². The van der Waals surface area contributed by atoms with Crippen molar-refractivity contribution >= 4 is 51.5 Å². The predicted octanol–water partition coefficient (Wildman–Crippen LogP) is 4.29. The van der Waals surface area contributed by atoms with Crippen LogP contribution in [0.4, 0.5) is 20.2 Å². The van der Waals surface area contributed by atoms with Crippen molar-refractivity contribution in [3.05, 3.63) is 56.1 Å². The normalized spacial score (nSPS) is 10.8. The van der Waals surface area contributed by atoms with Gasteiger partial charge in [-0.3, -0.25) is 9.63 Å². The molecule has 10 heteroatoms. The Kier molecular flexibility index (Phi) is 9.32. The summed E-state index contributed by atoms with van der Waals surface area (Å²) in [4.78, 5) is 17.3. The van der Waals surface area contributed by atoms with Crippen molar-refractivity contribution < 1.29 is 27.9 Å². The Bertz CT molecular complexity index is 826. The summed E-state index contributed by atoms with van der Waals surface area (Å²) in [7, 11) is 1.55. The van der Waals surface area contributed by atoms with Gasteiger partial charge in [-0.2, -0.15) is 0 Å². The van der Waals surface area contributed by atoms with Crippen LogP contribution in [0.3, 0.4) is 0 Å². The van der Waals surface area contributed by atoms with E-state index in [0.29, 0.717) is 23.9 Å². The smallest absolute Gasteiger partial charge is 0.277 e. The van der Waals surface area contributed by atoms with Crippen LogP contribution >= 0.6 is 34.2 Å². The lowest BCUT2D eigenvalue weighted by molar-refractivity contribution is -0.00937. The van der Waals surface area contributed by atoms with Gasteiger partial charge in [-0.15, -0.1) is 0 Å². The molecular formula is C18H18ClF2IN2O4. The first-order valence-corrected chi connectivity index (χ1v) is 9.58. The molecule has 0 saturated heterocycles. The van der Waals surface area contributed by atoms with Crippen molar-refractivity contribution in [2.24, 2.45) is 0 Å². The number of amides is 1. The molecule has 0 radical (unpaired) electrons. The second-order valence-corrected chi connectivity index (χ2v) is 7.10. The van der Waals surface area contributed by atoms with E-state index in [0.717, 1.165) is 15.7 Å². The van der Waals surface area contributed by atoms with Crippen LogP contribution in [-0.4, -0.2) is 39.4 Å². The third kappa shape index (κ3) is 6.82. The first-order valence-electron chi connectivity index (χ1n) is 8.12. The van der Waals surface area contributed by atoms with Crippen LogP contribution in [0.15, 0.2) is 30.3 Å². The van der Waals surface area contributed by atoms with E-state index in [1.165, 1.54) is 0 Å². The first-order chi connectivity index (χ1) is 13.4. The van der Waals surface area contributed by atoms with Crippen molar-refractivity contribution in [3.8, 4) is 0 Å². The van der Waals surface area contributed by atoms with Gasteiger partial charge in [0.1, 0.15) is 0 Å². The van der Waals surface area contributed by atoms with Crippen molar-refractivity contribution in [1.82, 2.24) is 5.48 Å². The zero-order valence-electron chi connectivity index (χ0n) is 14.9. The topological polar surface area (TPSA) is 68.8 Å². The van der Waals surface area contributed by atoms with Crippen molar-refractivity contribution in [2.45, 2.75) is 0 Å². The number of hydrogen-bond acceptors (Lipinski definition) is 5. The Hall–Kier alpha value is -1.53. The third-order valence-electron chi connectivity index (χ3n) is 3.43. The largest absolute Gasteiger partial charge is 0.382 e. The maximum atomic E-state index is 13.7. The Morgan fingerprint density at radius 3 is 2.50 bits per heavy atom. The van der Waals surface area contributed by atoms with Crippen LogP contribution in [0.1, 0.15) is 10.4 Å². The van der Waals surface area contributed by atoms with Gasteiger partial charge in [0.2, 0.25) is 0 Å². The molecule has 2 rings (SSSR count). The highest BCUT2D eigenvalue weighted by molar-refractivity contribution is 14.1. The molecule has 0 spiro atoms. The molecule has 28 heavy (non-hydrogen) atoms. The average molecular weight is 527 g/mol. The van der Waals surface area contributed by atoms with Gasteiger partial charge >= 0.3 is 0 Å². The Balaban J connectivity index is 2.06. The van der Waals surface area contributed by atoms with Crippen molar-refractivity contribution in [1.29, 1.82) is 0 Å². The highest BCUT2D eigenvalue weighted by Crippen LogP contribution is 2.30. The fourth-order valence-electron chi connectivity index (χ4n) is 2.09. The van der Waals surface area contributed by atoms with E-state index in [4.69, 9.17) is 25.9 Å². The number of ether oxygens (including phenoxy) is 2. The number of anilines is 2. The summed E-state index contributed by atoms with van der Waals surface area (Å²) in [6, 6.07) is 6.80. The summed E-state index contributed by atoms with van der Waals surface area (Å²) >= 11 is 8.24. The lowest BCUT2D eigenvalue weighted by atomic mass is 10.1. The molecule has 2 aromatic rings. The molecule has 0 bridgehead atoms. The molecule has 0 heterocycles. The molecule has 0 aromatic heterocycles. The Morgan fingerprint density at radius 2 is 1.79 bits per heavy atom. The first kappa shape index (κ1) is 22.8. The summed E-state index contributed by atoms with van der Waals surface area (Å²) in [6.45, 7) is 1.13. The zero-order chi connectivity index (χ0) is 20.5. The lowest BCUT2D eigenvalue weighted by Crippen LogP contribution is -2.26. The average Bonchev–Trinajstić information content (AvgIpc) is 2.65. The van der Waals surface area contributed by atoms with Gasteiger partial charge in [0.05, 0.1) is 48.4 Å². The minimum atomic E-state index is -1.16. The van der Waals surface area contributed by atoms with E-state index >= 15 is 0 Å².